The number of hydrogen-bond donors (Lipinski definition) is 0. The molecule has 0 N–H and O–H groups in total. The largest absolute Gasteiger partial charge is 0.319 e. The molecule has 25 heavy (non-hydrogen) atoms. The fourth-order valence-corrected chi connectivity index (χ4v) is 3.84. The number of aryl methyl sites for hydroxylation is 1. The molecule has 0 radical (unpaired) electrons. The van der Waals surface area contributed by atoms with Crippen molar-refractivity contribution < 1.29 is 8.78 Å². The molecule has 0 atom stereocenters. The molecule has 0 aliphatic carbocycles. The lowest BCUT2D eigenvalue weighted by Gasteiger charge is -2.09. The Morgan fingerprint density at radius 3 is 2.44 bits per heavy atom. The normalized spacial score (nSPS) is 11.7. The van der Waals surface area contributed by atoms with Crippen molar-refractivity contribution in [3.8, 4) is 0 Å². The van der Waals surface area contributed by atoms with Crippen LogP contribution in [0.5, 0.6) is 0 Å². The van der Waals surface area contributed by atoms with Crippen molar-refractivity contribution in [3.63, 3.8) is 0 Å². The van der Waals surface area contributed by atoms with Crippen LogP contribution in [0.2, 0.25) is 0 Å². The monoisotopic (exact) mass is 356 g/mol. The van der Waals surface area contributed by atoms with Gasteiger partial charge in [0.25, 0.3) is 6.43 Å². The summed E-state index contributed by atoms with van der Waals surface area (Å²) in [7, 11) is 0. The van der Waals surface area contributed by atoms with Crippen molar-refractivity contribution in [3.05, 3.63) is 54.4 Å². The van der Waals surface area contributed by atoms with Gasteiger partial charge in [-0.15, -0.1) is 0 Å². The number of alkyl halides is 2. The average molecular weight is 356 g/mol. The highest BCUT2D eigenvalue weighted by atomic mass is 32.2. The van der Waals surface area contributed by atoms with E-state index in [-0.39, 0.29) is 0 Å². The maximum atomic E-state index is 13.2. The van der Waals surface area contributed by atoms with Crippen LogP contribution >= 0.6 is 11.8 Å². The summed E-state index contributed by atoms with van der Waals surface area (Å²) in [6, 6.07) is 15.0. The molecule has 0 fully saturated rings. The quantitative estimate of drug-likeness (QED) is 0.478. The van der Waals surface area contributed by atoms with Crippen LogP contribution < -0.4 is 0 Å². The second kappa shape index (κ2) is 6.40. The number of imidazole rings is 1. The number of nitrogens with zero attached hydrogens (tertiary/aromatic N) is 4. The van der Waals surface area contributed by atoms with E-state index in [4.69, 9.17) is 0 Å². The summed E-state index contributed by atoms with van der Waals surface area (Å²) >= 11 is 1.29. The van der Waals surface area contributed by atoms with E-state index in [1.807, 2.05) is 43.3 Å². The molecule has 0 saturated carbocycles. The SMILES string of the molecule is CCn1c(Sc2nc(C(F)F)nc3ccccc23)nc2ccccc21. The molecule has 126 valence electrons. The second-order valence-corrected chi connectivity index (χ2v) is 6.39. The number of fused-ring (bicyclic) bond motifs is 2. The molecular weight excluding hydrogens is 342 g/mol. The highest BCUT2D eigenvalue weighted by molar-refractivity contribution is 7.99. The van der Waals surface area contributed by atoms with Crippen molar-refractivity contribution in [2.24, 2.45) is 0 Å². The van der Waals surface area contributed by atoms with Gasteiger partial charge in [-0.25, -0.2) is 23.7 Å². The molecule has 2 aromatic carbocycles. The average Bonchev–Trinajstić information content (AvgIpc) is 2.98. The van der Waals surface area contributed by atoms with E-state index < -0.39 is 12.2 Å². The van der Waals surface area contributed by atoms with Gasteiger partial charge in [-0.1, -0.05) is 30.3 Å². The lowest BCUT2D eigenvalue weighted by Crippen LogP contribution is -2.00. The van der Waals surface area contributed by atoms with E-state index in [0.717, 1.165) is 28.1 Å². The molecule has 0 unspecified atom stereocenters. The van der Waals surface area contributed by atoms with Gasteiger partial charge in [-0.05, 0) is 36.9 Å². The smallest absolute Gasteiger partial charge is 0.297 e. The van der Waals surface area contributed by atoms with Crippen molar-refractivity contribution >= 4 is 33.7 Å². The number of aromatic nitrogens is 4. The first kappa shape index (κ1) is 16.0. The van der Waals surface area contributed by atoms with Gasteiger partial charge in [0.05, 0.1) is 16.6 Å². The van der Waals surface area contributed by atoms with E-state index >= 15 is 0 Å². The Balaban J connectivity index is 1.88. The number of benzene rings is 2. The van der Waals surface area contributed by atoms with Crippen LogP contribution in [0.3, 0.4) is 0 Å². The van der Waals surface area contributed by atoms with E-state index in [1.165, 1.54) is 11.8 Å². The zero-order chi connectivity index (χ0) is 17.4. The first-order chi connectivity index (χ1) is 12.2. The Morgan fingerprint density at radius 2 is 1.68 bits per heavy atom. The Labute approximate surface area is 146 Å². The minimum atomic E-state index is -2.71. The molecule has 0 aliphatic heterocycles. The maximum absolute atomic E-state index is 13.2. The molecule has 4 nitrogen and oxygen atoms in total. The standard InChI is InChI=1S/C18H14F2N4S/c1-2-24-14-10-6-5-9-13(14)22-18(24)25-17-11-7-3-4-8-12(11)21-16(23-17)15(19)20/h3-10,15H,2H2,1H3. The molecular formula is C18H14F2N4S. The number of hydrogen-bond acceptors (Lipinski definition) is 4. The van der Waals surface area contributed by atoms with Crippen molar-refractivity contribution in [1.29, 1.82) is 0 Å². The number of halogens is 2. The van der Waals surface area contributed by atoms with Gasteiger partial charge in [-0.2, -0.15) is 0 Å². The van der Waals surface area contributed by atoms with Gasteiger partial charge in [0, 0.05) is 11.9 Å². The van der Waals surface area contributed by atoms with E-state index in [1.54, 1.807) is 12.1 Å². The molecule has 4 aromatic rings. The van der Waals surface area contributed by atoms with Crippen molar-refractivity contribution in [1.82, 2.24) is 19.5 Å². The van der Waals surface area contributed by atoms with Crippen LogP contribution in [-0.2, 0) is 6.54 Å². The molecule has 4 rings (SSSR count). The highest BCUT2D eigenvalue weighted by Gasteiger charge is 2.18. The summed E-state index contributed by atoms with van der Waals surface area (Å²) < 4.78 is 28.4. The minimum Gasteiger partial charge on any atom is -0.319 e. The third-order valence-corrected chi connectivity index (χ3v) is 4.90. The number of para-hydroxylation sites is 3. The van der Waals surface area contributed by atoms with Gasteiger partial charge in [0.1, 0.15) is 5.03 Å². The highest BCUT2D eigenvalue weighted by Crippen LogP contribution is 2.34. The van der Waals surface area contributed by atoms with Crippen LogP contribution in [0.4, 0.5) is 8.78 Å². The Kier molecular flexibility index (Phi) is 4.09. The number of rotatable bonds is 4. The maximum Gasteiger partial charge on any atom is 0.297 e. The second-order valence-electron chi connectivity index (χ2n) is 5.43. The topological polar surface area (TPSA) is 43.6 Å². The van der Waals surface area contributed by atoms with Crippen LogP contribution in [0.1, 0.15) is 19.2 Å². The minimum absolute atomic E-state index is 0.458. The zero-order valence-electron chi connectivity index (χ0n) is 13.4. The first-order valence-electron chi connectivity index (χ1n) is 7.85. The summed E-state index contributed by atoms with van der Waals surface area (Å²) in [6.45, 7) is 2.76. The zero-order valence-corrected chi connectivity index (χ0v) is 14.2. The molecule has 0 spiro atoms. The van der Waals surface area contributed by atoms with E-state index in [0.29, 0.717) is 10.5 Å². The third-order valence-electron chi connectivity index (χ3n) is 3.90. The molecule has 0 bridgehead atoms. The van der Waals surface area contributed by atoms with Gasteiger partial charge < -0.3 is 4.57 Å². The summed E-state index contributed by atoms with van der Waals surface area (Å²) in [5.41, 5.74) is 2.40. The summed E-state index contributed by atoms with van der Waals surface area (Å²) in [6.07, 6.45) is -2.71. The first-order valence-corrected chi connectivity index (χ1v) is 8.67. The van der Waals surface area contributed by atoms with Crippen molar-refractivity contribution in [2.45, 2.75) is 30.1 Å². The van der Waals surface area contributed by atoms with Crippen LogP contribution in [0, 0.1) is 0 Å². The Hall–Kier alpha value is -2.54. The Morgan fingerprint density at radius 1 is 0.960 bits per heavy atom. The van der Waals surface area contributed by atoms with Crippen LogP contribution in [0.25, 0.3) is 21.9 Å². The van der Waals surface area contributed by atoms with Gasteiger partial charge in [0.2, 0.25) is 0 Å². The van der Waals surface area contributed by atoms with Gasteiger partial charge in [-0.3, -0.25) is 0 Å². The van der Waals surface area contributed by atoms with Gasteiger partial charge >= 0.3 is 0 Å². The predicted octanol–water partition coefficient (Wildman–Crippen LogP) is 5.09. The van der Waals surface area contributed by atoms with Crippen LogP contribution in [0.15, 0.2) is 58.7 Å². The summed E-state index contributed by atoms with van der Waals surface area (Å²) in [4.78, 5) is 12.7. The van der Waals surface area contributed by atoms with E-state index in [2.05, 4.69) is 19.5 Å². The van der Waals surface area contributed by atoms with Crippen LogP contribution in [-0.4, -0.2) is 19.5 Å². The molecule has 0 saturated heterocycles. The van der Waals surface area contributed by atoms with E-state index in [9.17, 15) is 8.78 Å². The lowest BCUT2D eigenvalue weighted by atomic mass is 10.2. The van der Waals surface area contributed by atoms with Crippen molar-refractivity contribution in [2.75, 3.05) is 0 Å². The molecule has 0 aliphatic rings. The Bertz CT molecular complexity index is 1060. The third kappa shape index (κ3) is 2.84. The predicted molar refractivity (Wildman–Crippen MR) is 94.0 cm³/mol. The molecule has 0 amide bonds. The molecule has 2 aromatic heterocycles. The summed E-state index contributed by atoms with van der Waals surface area (Å²) in [5.74, 6) is -0.458. The fourth-order valence-electron chi connectivity index (χ4n) is 2.76. The fraction of sp³-hybridized carbons (Fsp3) is 0.167. The lowest BCUT2D eigenvalue weighted by molar-refractivity contribution is 0.140. The van der Waals surface area contributed by atoms with Gasteiger partial charge in [0.15, 0.2) is 11.0 Å². The molecule has 7 heteroatoms. The molecule has 2 heterocycles. The summed E-state index contributed by atoms with van der Waals surface area (Å²) in [5, 5.41) is 1.96.